The lowest BCUT2D eigenvalue weighted by molar-refractivity contribution is -0.138. The van der Waals surface area contributed by atoms with E-state index in [1.165, 1.54) is 13.2 Å². The summed E-state index contributed by atoms with van der Waals surface area (Å²) >= 11 is 0. The second-order valence-corrected chi connectivity index (χ2v) is 4.16. The molecular formula is C12H16ClF3N2O. The zero-order valence-corrected chi connectivity index (χ0v) is 11.2. The number of piperazine rings is 1. The molecule has 2 N–H and O–H groups in total. The summed E-state index contributed by atoms with van der Waals surface area (Å²) < 4.78 is 43.9. The molecule has 1 atom stereocenters. The van der Waals surface area contributed by atoms with E-state index in [9.17, 15) is 13.2 Å². The molecule has 1 aliphatic heterocycles. The van der Waals surface area contributed by atoms with Crippen molar-refractivity contribution in [1.82, 2.24) is 10.6 Å². The average molecular weight is 297 g/mol. The van der Waals surface area contributed by atoms with Gasteiger partial charge < -0.3 is 15.4 Å². The van der Waals surface area contributed by atoms with Gasteiger partial charge in [-0.15, -0.1) is 12.4 Å². The van der Waals surface area contributed by atoms with Gasteiger partial charge in [0.2, 0.25) is 0 Å². The van der Waals surface area contributed by atoms with Gasteiger partial charge in [-0.25, -0.2) is 0 Å². The SMILES string of the molecule is COc1ccc([C@@H]2CNCCN2)c(C(F)(F)F)c1.Cl. The molecule has 0 radical (unpaired) electrons. The van der Waals surface area contributed by atoms with Crippen LogP contribution < -0.4 is 15.4 Å². The molecule has 0 bridgehead atoms. The van der Waals surface area contributed by atoms with E-state index >= 15 is 0 Å². The van der Waals surface area contributed by atoms with Crippen LogP contribution in [0.3, 0.4) is 0 Å². The van der Waals surface area contributed by atoms with E-state index < -0.39 is 11.7 Å². The minimum atomic E-state index is -4.37. The van der Waals surface area contributed by atoms with Crippen LogP contribution in [0.1, 0.15) is 17.2 Å². The molecule has 0 aliphatic carbocycles. The molecule has 1 heterocycles. The van der Waals surface area contributed by atoms with E-state index in [1.54, 1.807) is 6.07 Å². The highest BCUT2D eigenvalue weighted by molar-refractivity contribution is 5.85. The number of ether oxygens (including phenoxy) is 1. The first-order chi connectivity index (χ1) is 8.52. The lowest BCUT2D eigenvalue weighted by atomic mass is 9.98. The molecule has 3 nitrogen and oxygen atoms in total. The summed E-state index contributed by atoms with van der Waals surface area (Å²) in [5.41, 5.74) is -0.376. The Hall–Kier alpha value is -0.980. The third kappa shape index (κ3) is 3.75. The molecule has 2 rings (SSSR count). The highest BCUT2D eigenvalue weighted by Crippen LogP contribution is 2.36. The number of hydrogen-bond acceptors (Lipinski definition) is 3. The zero-order chi connectivity index (χ0) is 13.2. The van der Waals surface area contributed by atoms with Crippen LogP contribution in [0.4, 0.5) is 13.2 Å². The lowest BCUT2D eigenvalue weighted by Gasteiger charge is -2.27. The Balaban J connectivity index is 0.00000180. The number of hydrogen-bond donors (Lipinski definition) is 2. The Kier molecular flexibility index (Phi) is 5.46. The fourth-order valence-electron chi connectivity index (χ4n) is 2.08. The van der Waals surface area contributed by atoms with E-state index in [0.717, 1.165) is 12.6 Å². The third-order valence-corrected chi connectivity index (χ3v) is 2.98. The van der Waals surface area contributed by atoms with E-state index in [0.29, 0.717) is 13.1 Å². The monoisotopic (exact) mass is 296 g/mol. The molecular weight excluding hydrogens is 281 g/mol. The normalized spacial score (nSPS) is 19.7. The van der Waals surface area contributed by atoms with Crippen LogP contribution in [-0.2, 0) is 6.18 Å². The largest absolute Gasteiger partial charge is 0.497 e. The van der Waals surface area contributed by atoms with Crippen molar-refractivity contribution in [2.45, 2.75) is 12.2 Å². The molecule has 7 heteroatoms. The van der Waals surface area contributed by atoms with Gasteiger partial charge in [-0.05, 0) is 17.7 Å². The number of rotatable bonds is 2. The molecule has 1 aromatic rings. The van der Waals surface area contributed by atoms with Crippen LogP contribution in [0, 0.1) is 0 Å². The lowest BCUT2D eigenvalue weighted by Crippen LogP contribution is -2.43. The standard InChI is InChI=1S/C12H15F3N2O.ClH/c1-18-8-2-3-9(10(6-8)12(13,14)15)11-7-16-4-5-17-11;/h2-3,6,11,16-17H,4-5,7H2,1H3;1H/t11-;/m0./s1. The van der Waals surface area contributed by atoms with Gasteiger partial charge in [0.15, 0.2) is 0 Å². The first-order valence-electron chi connectivity index (χ1n) is 5.71. The number of methoxy groups -OCH3 is 1. The molecule has 0 aromatic heterocycles. The van der Waals surface area contributed by atoms with Crippen LogP contribution >= 0.6 is 12.4 Å². The molecule has 0 unspecified atom stereocenters. The van der Waals surface area contributed by atoms with Gasteiger partial charge in [0, 0.05) is 25.7 Å². The van der Waals surface area contributed by atoms with E-state index in [1.807, 2.05) is 0 Å². The predicted molar refractivity (Wildman–Crippen MR) is 68.9 cm³/mol. The number of benzene rings is 1. The van der Waals surface area contributed by atoms with E-state index in [-0.39, 0.29) is 29.8 Å². The first kappa shape index (κ1) is 16.1. The highest BCUT2D eigenvalue weighted by atomic mass is 35.5. The Labute approximate surface area is 115 Å². The zero-order valence-electron chi connectivity index (χ0n) is 10.4. The molecule has 108 valence electrons. The van der Waals surface area contributed by atoms with Crippen molar-refractivity contribution >= 4 is 12.4 Å². The second-order valence-electron chi connectivity index (χ2n) is 4.16. The van der Waals surface area contributed by atoms with E-state index in [4.69, 9.17) is 4.74 Å². The van der Waals surface area contributed by atoms with Gasteiger partial charge in [0.1, 0.15) is 5.75 Å². The van der Waals surface area contributed by atoms with Crippen LogP contribution in [-0.4, -0.2) is 26.7 Å². The van der Waals surface area contributed by atoms with Gasteiger partial charge in [0.25, 0.3) is 0 Å². The minimum Gasteiger partial charge on any atom is -0.497 e. The Bertz CT molecular complexity index is 420. The molecule has 0 spiro atoms. The van der Waals surface area contributed by atoms with Gasteiger partial charge in [-0.1, -0.05) is 6.07 Å². The molecule has 1 aliphatic rings. The van der Waals surface area contributed by atoms with Gasteiger partial charge in [0.05, 0.1) is 12.7 Å². The third-order valence-electron chi connectivity index (χ3n) is 2.98. The minimum absolute atomic E-state index is 0. The summed E-state index contributed by atoms with van der Waals surface area (Å²) in [5, 5.41) is 6.16. The quantitative estimate of drug-likeness (QED) is 0.879. The van der Waals surface area contributed by atoms with Crippen molar-refractivity contribution in [3.63, 3.8) is 0 Å². The van der Waals surface area contributed by atoms with Crippen molar-refractivity contribution in [2.24, 2.45) is 0 Å². The van der Waals surface area contributed by atoms with Crippen molar-refractivity contribution in [3.8, 4) is 5.75 Å². The predicted octanol–water partition coefficient (Wildman–Crippen LogP) is 2.37. The molecule has 1 aromatic carbocycles. The number of alkyl halides is 3. The number of halogens is 4. The Morgan fingerprint density at radius 3 is 2.53 bits per heavy atom. The van der Waals surface area contributed by atoms with Crippen molar-refractivity contribution in [1.29, 1.82) is 0 Å². The summed E-state index contributed by atoms with van der Waals surface area (Å²) in [6.45, 7) is 1.93. The smallest absolute Gasteiger partial charge is 0.416 e. The highest BCUT2D eigenvalue weighted by Gasteiger charge is 2.36. The maximum Gasteiger partial charge on any atom is 0.416 e. The molecule has 1 fully saturated rings. The van der Waals surface area contributed by atoms with Gasteiger partial charge >= 0.3 is 6.18 Å². The maximum absolute atomic E-state index is 13.0. The van der Waals surface area contributed by atoms with Crippen LogP contribution in [0.5, 0.6) is 5.75 Å². The fraction of sp³-hybridized carbons (Fsp3) is 0.500. The van der Waals surface area contributed by atoms with Crippen molar-refractivity contribution in [3.05, 3.63) is 29.3 Å². The van der Waals surface area contributed by atoms with E-state index in [2.05, 4.69) is 10.6 Å². The summed E-state index contributed by atoms with van der Waals surface area (Å²) in [7, 11) is 1.36. The van der Waals surface area contributed by atoms with Crippen LogP contribution in [0.15, 0.2) is 18.2 Å². The summed E-state index contributed by atoms with van der Waals surface area (Å²) in [4.78, 5) is 0. The molecule has 0 amide bonds. The molecule has 1 saturated heterocycles. The number of nitrogens with one attached hydrogen (secondary N) is 2. The topological polar surface area (TPSA) is 33.3 Å². The van der Waals surface area contributed by atoms with Crippen LogP contribution in [0.25, 0.3) is 0 Å². The van der Waals surface area contributed by atoms with Gasteiger partial charge in [-0.2, -0.15) is 13.2 Å². The second kappa shape index (κ2) is 6.45. The van der Waals surface area contributed by atoms with Gasteiger partial charge in [-0.3, -0.25) is 0 Å². The van der Waals surface area contributed by atoms with Crippen molar-refractivity contribution < 1.29 is 17.9 Å². The summed E-state index contributed by atoms with van der Waals surface area (Å²) in [6, 6.07) is 3.76. The summed E-state index contributed by atoms with van der Waals surface area (Å²) in [6.07, 6.45) is -4.37. The van der Waals surface area contributed by atoms with Crippen molar-refractivity contribution in [2.75, 3.05) is 26.7 Å². The molecule has 19 heavy (non-hydrogen) atoms. The van der Waals surface area contributed by atoms with Crippen LogP contribution in [0.2, 0.25) is 0 Å². The average Bonchev–Trinajstić information content (AvgIpc) is 2.38. The fourth-order valence-corrected chi connectivity index (χ4v) is 2.08. The Morgan fingerprint density at radius 1 is 1.26 bits per heavy atom. The molecule has 0 saturated carbocycles. The first-order valence-corrected chi connectivity index (χ1v) is 5.71. The maximum atomic E-state index is 13.0. The summed E-state index contributed by atoms with van der Waals surface area (Å²) in [5.74, 6) is 0.217. The Morgan fingerprint density at radius 2 is 2.00 bits per heavy atom.